The fourth-order valence-corrected chi connectivity index (χ4v) is 6.50. The molecule has 1 amide bonds. The van der Waals surface area contributed by atoms with E-state index in [2.05, 4.69) is 40.2 Å². The van der Waals surface area contributed by atoms with E-state index >= 15 is 0 Å². The molecule has 0 N–H and O–H groups in total. The molecule has 0 atom stereocenters. The highest BCUT2D eigenvalue weighted by Gasteiger charge is 2.34. The van der Waals surface area contributed by atoms with E-state index in [9.17, 15) is 20.1 Å². The Hall–Kier alpha value is -4.37. The Balaban J connectivity index is 1.27. The van der Waals surface area contributed by atoms with Gasteiger partial charge in [0.1, 0.15) is 28.9 Å². The van der Waals surface area contributed by atoms with Gasteiger partial charge in [-0.3, -0.25) is 9.59 Å². The van der Waals surface area contributed by atoms with Crippen molar-refractivity contribution in [2.45, 2.75) is 57.2 Å². The number of amides is 1. The maximum absolute atomic E-state index is 13.1. The summed E-state index contributed by atoms with van der Waals surface area (Å²) in [7, 11) is 5.42. The predicted octanol–water partition coefficient (Wildman–Crippen LogP) is 3.93. The molecular formula is C31H33N7O2. The van der Waals surface area contributed by atoms with Crippen molar-refractivity contribution < 1.29 is 4.79 Å². The SMILES string of the molecule is CN1Cc2ccc(N(CC3CC3)[C@H]3CC[C@@H](N(C)c4c(C#N)c(=O)n(C)c5ccc(C#N)nc45)CC3)cc2C1=O. The number of carbonyl (C=O) groups excluding carboxylic acids is 1. The van der Waals surface area contributed by atoms with E-state index in [1.165, 1.54) is 17.4 Å². The minimum absolute atomic E-state index is 0.0605. The van der Waals surface area contributed by atoms with Gasteiger partial charge in [-0.2, -0.15) is 10.5 Å². The number of nitriles is 2. The molecule has 204 valence electrons. The van der Waals surface area contributed by atoms with Crippen LogP contribution in [0.15, 0.2) is 35.1 Å². The quantitative estimate of drug-likeness (QED) is 0.470. The molecule has 0 bridgehead atoms. The van der Waals surface area contributed by atoms with Crippen molar-refractivity contribution in [3.8, 4) is 12.1 Å². The van der Waals surface area contributed by atoms with Gasteiger partial charge >= 0.3 is 0 Å². The Morgan fingerprint density at radius 2 is 1.70 bits per heavy atom. The van der Waals surface area contributed by atoms with Gasteiger partial charge in [0.25, 0.3) is 11.5 Å². The van der Waals surface area contributed by atoms with Gasteiger partial charge in [0.2, 0.25) is 0 Å². The van der Waals surface area contributed by atoms with Crippen molar-refractivity contribution in [1.82, 2.24) is 14.5 Å². The lowest BCUT2D eigenvalue weighted by atomic mass is 9.88. The van der Waals surface area contributed by atoms with Crippen molar-refractivity contribution in [2.24, 2.45) is 13.0 Å². The average Bonchev–Trinajstić information content (AvgIpc) is 3.76. The second-order valence-corrected chi connectivity index (χ2v) is 11.5. The topological polar surface area (TPSA) is 109 Å². The molecular weight excluding hydrogens is 502 g/mol. The second kappa shape index (κ2) is 9.98. The molecule has 2 aromatic heterocycles. The molecule has 1 aliphatic heterocycles. The van der Waals surface area contributed by atoms with Crippen molar-refractivity contribution >= 4 is 28.3 Å². The number of aryl methyl sites for hydroxylation is 1. The zero-order chi connectivity index (χ0) is 28.1. The largest absolute Gasteiger partial charge is 0.369 e. The molecule has 1 aromatic carbocycles. The van der Waals surface area contributed by atoms with Gasteiger partial charge < -0.3 is 19.3 Å². The van der Waals surface area contributed by atoms with E-state index in [-0.39, 0.29) is 28.8 Å². The second-order valence-electron chi connectivity index (χ2n) is 11.5. The highest BCUT2D eigenvalue weighted by molar-refractivity contribution is 5.99. The first kappa shape index (κ1) is 25.9. The number of rotatable bonds is 6. The summed E-state index contributed by atoms with van der Waals surface area (Å²) in [4.78, 5) is 36.7. The molecule has 3 aliphatic rings. The van der Waals surface area contributed by atoms with E-state index in [0.717, 1.165) is 49.0 Å². The van der Waals surface area contributed by atoms with Crippen LogP contribution in [0.4, 0.5) is 11.4 Å². The Labute approximate surface area is 233 Å². The Morgan fingerprint density at radius 1 is 0.975 bits per heavy atom. The van der Waals surface area contributed by atoms with Gasteiger partial charge in [-0.05, 0) is 74.3 Å². The van der Waals surface area contributed by atoms with E-state index in [1.807, 2.05) is 19.0 Å². The first-order valence-electron chi connectivity index (χ1n) is 14.0. The van der Waals surface area contributed by atoms with Crippen molar-refractivity contribution in [3.05, 3.63) is 63.1 Å². The standard InChI is InChI=1S/C31H33N7O2/c1-35-18-20-6-8-24(14-25(20)30(35)39)38(17-19-4-5-19)23-11-9-22(10-12-23)36(2)29-26(16-33)31(40)37(3)27-13-7-21(15-32)34-28(27)29/h6-8,13-14,19,22-23H,4-5,9-12,17-18H2,1-3H3/t22-,23+. The molecule has 6 rings (SSSR count). The Kier molecular flexibility index (Phi) is 6.46. The zero-order valence-electron chi connectivity index (χ0n) is 23.2. The first-order chi connectivity index (χ1) is 19.3. The number of pyridine rings is 2. The van der Waals surface area contributed by atoms with Crippen molar-refractivity contribution in [3.63, 3.8) is 0 Å². The molecule has 3 heterocycles. The summed E-state index contributed by atoms with van der Waals surface area (Å²) in [6.45, 7) is 1.67. The van der Waals surface area contributed by atoms with Crippen LogP contribution in [0.3, 0.4) is 0 Å². The molecule has 40 heavy (non-hydrogen) atoms. The minimum Gasteiger partial charge on any atom is -0.369 e. The number of fused-ring (bicyclic) bond motifs is 2. The average molecular weight is 536 g/mol. The number of benzene rings is 1. The van der Waals surface area contributed by atoms with Crippen LogP contribution >= 0.6 is 0 Å². The van der Waals surface area contributed by atoms with Crippen molar-refractivity contribution in [2.75, 3.05) is 30.4 Å². The monoisotopic (exact) mass is 535 g/mol. The van der Waals surface area contributed by atoms with Crippen LogP contribution in [-0.2, 0) is 13.6 Å². The maximum Gasteiger partial charge on any atom is 0.270 e. The third kappa shape index (κ3) is 4.36. The Morgan fingerprint density at radius 3 is 2.38 bits per heavy atom. The van der Waals surface area contributed by atoms with Crippen LogP contribution in [-0.4, -0.2) is 53.1 Å². The van der Waals surface area contributed by atoms with Crippen LogP contribution in [0.5, 0.6) is 0 Å². The molecule has 2 saturated carbocycles. The first-order valence-corrected chi connectivity index (χ1v) is 14.0. The molecule has 2 aliphatic carbocycles. The lowest BCUT2D eigenvalue weighted by Gasteiger charge is -2.42. The van der Waals surface area contributed by atoms with Gasteiger partial charge in [0, 0.05) is 57.6 Å². The van der Waals surface area contributed by atoms with Crippen LogP contribution < -0.4 is 15.4 Å². The lowest BCUT2D eigenvalue weighted by molar-refractivity contribution is 0.0816. The lowest BCUT2D eigenvalue weighted by Crippen LogP contribution is -2.44. The summed E-state index contributed by atoms with van der Waals surface area (Å²) in [6.07, 6.45) is 6.24. The Bertz CT molecular complexity index is 1650. The van der Waals surface area contributed by atoms with Crippen molar-refractivity contribution in [1.29, 1.82) is 10.5 Å². The summed E-state index contributed by atoms with van der Waals surface area (Å²) < 4.78 is 1.44. The number of nitrogens with zero attached hydrogens (tertiary/aromatic N) is 7. The molecule has 0 unspecified atom stereocenters. The van der Waals surface area contributed by atoms with Gasteiger partial charge in [-0.15, -0.1) is 0 Å². The molecule has 2 fully saturated rings. The molecule has 9 heteroatoms. The number of carbonyl (C=O) groups is 1. The van der Waals surface area contributed by atoms with E-state index in [1.54, 1.807) is 24.1 Å². The van der Waals surface area contributed by atoms with Crippen LogP contribution in [0.2, 0.25) is 0 Å². The number of hydrogen-bond acceptors (Lipinski definition) is 7. The number of anilines is 2. The molecule has 0 saturated heterocycles. The van der Waals surface area contributed by atoms with Gasteiger partial charge in [0.05, 0.1) is 11.2 Å². The summed E-state index contributed by atoms with van der Waals surface area (Å²) in [5.41, 5.74) is 4.62. The predicted molar refractivity (Wildman–Crippen MR) is 153 cm³/mol. The molecule has 3 aromatic rings. The van der Waals surface area contributed by atoms with Crippen LogP contribution in [0.25, 0.3) is 11.0 Å². The van der Waals surface area contributed by atoms with Gasteiger partial charge in [-0.1, -0.05) is 6.07 Å². The fourth-order valence-electron chi connectivity index (χ4n) is 6.50. The number of hydrogen-bond donors (Lipinski definition) is 0. The van der Waals surface area contributed by atoms with Gasteiger partial charge in [-0.25, -0.2) is 4.98 Å². The summed E-state index contributed by atoms with van der Waals surface area (Å²) in [6, 6.07) is 14.4. The normalized spacial score (nSPS) is 20.2. The highest BCUT2D eigenvalue weighted by Crippen LogP contribution is 2.38. The van der Waals surface area contributed by atoms with E-state index < -0.39 is 0 Å². The smallest absolute Gasteiger partial charge is 0.270 e. The molecule has 0 radical (unpaired) electrons. The third-order valence-corrected chi connectivity index (χ3v) is 9.01. The fraction of sp³-hybridized carbons (Fsp3) is 0.452. The minimum atomic E-state index is -0.357. The summed E-state index contributed by atoms with van der Waals surface area (Å²) in [5, 5.41) is 19.4. The van der Waals surface area contributed by atoms with Crippen LogP contribution in [0, 0.1) is 28.6 Å². The molecule has 0 spiro atoms. The van der Waals surface area contributed by atoms with Gasteiger partial charge in [0.15, 0.2) is 0 Å². The maximum atomic E-state index is 13.1. The van der Waals surface area contributed by atoms with E-state index in [0.29, 0.717) is 35.2 Å². The highest BCUT2D eigenvalue weighted by atomic mass is 16.2. The zero-order valence-corrected chi connectivity index (χ0v) is 23.2. The molecule has 9 nitrogen and oxygen atoms in total. The summed E-state index contributed by atoms with van der Waals surface area (Å²) in [5.74, 6) is 0.800. The van der Waals surface area contributed by atoms with Crippen LogP contribution in [0.1, 0.15) is 65.7 Å². The van der Waals surface area contributed by atoms with E-state index in [4.69, 9.17) is 0 Å². The summed E-state index contributed by atoms with van der Waals surface area (Å²) >= 11 is 0. The number of aromatic nitrogens is 2. The third-order valence-electron chi connectivity index (χ3n) is 9.01.